The number of allylic oxidation sites excluding steroid dienone is 14. The third-order valence-corrected chi connectivity index (χ3v) is 12.1. The molecule has 1 unspecified atom stereocenters. The summed E-state index contributed by atoms with van der Waals surface area (Å²) >= 11 is 0. The Morgan fingerprint density at radius 3 is 0.897 bits per heavy atom. The maximum absolute atomic E-state index is 12.9. The minimum atomic E-state index is -0.784. The number of ether oxygens (including phenoxy) is 3. The molecule has 6 heteroatoms. The lowest BCUT2D eigenvalue weighted by Gasteiger charge is -2.18. The van der Waals surface area contributed by atoms with E-state index < -0.39 is 6.10 Å². The first-order valence-corrected chi connectivity index (χ1v) is 28.6. The highest BCUT2D eigenvalue weighted by atomic mass is 16.6. The molecule has 0 fully saturated rings. The topological polar surface area (TPSA) is 78.9 Å². The van der Waals surface area contributed by atoms with Crippen LogP contribution >= 0.6 is 0 Å². The van der Waals surface area contributed by atoms with E-state index in [2.05, 4.69) is 106 Å². The summed E-state index contributed by atoms with van der Waals surface area (Å²) in [5.41, 5.74) is 0. The Hall–Kier alpha value is -3.41. The highest BCUT2D eigenvalue weighted by molar-refractivity contribution is 5.71. The number of carbonyl (C=O) groups excluding carboxylic acids is 3. The molecule has 390 valence electrons. The molecule has 0 aromatic rings. The van der Waals surface area contributed by atoms with Gasteiger partial charge in [-0.3, -0.25) is 14.4 Å². The lowest BCUT2D eigenvalue weighted by molar-refractivity contribution is -0.167. The van der Waals surface area contributed by atoms with Crippen molar-refractivity contribution in [1.82, 2.24) is 0 Å². The molecule has 0 N–H and O–H groups in total. The average molecular weight is 948 g/mol. The molecule has 0 aliphatic carbocycles. The summed E-state index contributed by atoms with van der Waals surface area (Å²) in [7, 11) is 0. The predicted molar refractivity (Wildman–Crippen MR) is 293 cm³/mol. The maximum atomic E-state index is 12.9. The maximum Gasteiger partial charge on any atom is 0.306 e. The number of rotatable bonds is 51. The Bertz CT molecular complexity index is 1320. The number of hydrogen-bond donors (Lipinski definition) is 0. The fourth-order valence-electron chi connectivity index (χ4n) is 7.92. The van der Waals surface area contributed by atoms with Crippen molar-refractivity contribution in [3.8, 4) is 0 Å². The summed E-state index contributed by atoms with van der Waals surface area (Å²) in [6.07, 6.45) is 72.8. The van der Waals surface area contributed by atoms with E-state index >= 15 is 0 Å². The van der Waals surface area contributed by atoms with Gasteiger partial charge in [0, 0.05) is 19.3 Å². The first kappa shape index (κ1) is 64.6. The summed E-state index contributed by atoms with van der Waals surface area (Å²) in [5.74, 6) is -0.895. The van der Waals surface area contributed by atoms with Crippen molar-refractivity contribution < 1.29 is 28.6 Å². The summed E-state index contributed by atoms with van der Waals surface area (Å²) in [5, 5.41) is 0. The zero-order chi connectivity index (χ0) is 49.3. The number of hydrogen-bond acceptors (Lipinski definition) is 6. The van der Waals surface area contributed by atoms with Gasteiger partial charge in [-0.1, -0.05) is 247 Å². The van der Waals surface area contributed by atoms with Crippen LogP contribution < -0.4 is 0 Å². The first-order valence-electron chi connectivity index (χ1n) is 28.6. The fourth-order valence-corrected chi connectivity index (χ4v) is 7.92. The average Bonchev–Trinajstić information content (AvgIpc) is 3.34. The minimum absolute atomic E-state index is 0.0815. The van der Waals surface area contributed by atoms with Gasteiger partial charge in [0.05, 0.1) is 0 Å². The van der Waals surface area contributed by atoms with E-state index in [4.69, 9.17) is 14.2 Å². The van der Waals surface area contributed by atoms with Gasteiger partial charge in [-0.2, -0.15) is 0 Å². The van der Waals surface area contributed by atoms with Crippen LogP contribution in [0, 0.1) is 0 Å². The van der Waals surface area contributed by atoms with Crippen LogP contribution in [-0.4, -0.2) is 37.2 Å². The molecule has 0 amide bonds. The lowest BCUT2D eigenvalue weighted by Crippen LogP contribution is -2.30. The Labute approximate surface area is 420 Å². The van der Waals surface area contributed by atoms with E-state index in [1.165, 1.54) is 122 Å². The van der Waals surface area contributed by atoms with Crippen molar-refractivity contribution >= 4 is 17.9 Å². The van der Waals surface area contributed by atoms with Gasteiger partial charge in [0.15, 0.2) is 6.10 Å². The Morgan fingerprint density at radius 2 is 0.574 bits per heavy atom. The molecule has 0 aliphatic heterocycles. The van der Waals surface area contributed by atoms with Crippen LogP contribution in [0.15, 0.2) is 85.1 Å². The van der Waals surface area contributed by atoms with Gasteiger partial charge in [0.1, 0.15) is 13.2 Å². The van der Waals surface area contributed by atoms with Crippen LogP contribution in [0.25, 0.3) is 0 Å². The quantitative estimate of drug-likeness (QED) is 0.0262. The molecular formula is C62H106O6. The third-order valence-electron chi connectivity index (χ3n) is 12.1. The van der Waals surface area contributed by atoms with Crippen LogP contribution in [0.2, 0.25) is 0 Å². The second-order valence-corrected chi connectivity index (χ2v) is 18.8. The Kier molecular flexibility index (Phi) is 53.4. The van der Waals surface area contributed by atoms with E-state index in [0.29, 0.717) is 19.3 Å². The van der Waals surface area contributed by atoms with Crippen molar-refractivity contribution in [3.05, 3.63) is 85.1 Å². The summed E-state index contributed by atoms with van der Waals surface area (Å²) in [4.78, 5) is 38.1. The summed E-state index contributed by atoms with van der Waals surface area (Å²) in [6.45, 7) is 6.41. The number of unbranched alkanes of at least 4 members (excludes halogenated alkanes) is 26. The SMILES string of the molecule is CC/C=C\C/C=C\C/C=C\C/C=C\CCCCCCCCC(=O)OCC(COC(=O)CCCCCCCCCCCCCC)OC(=O)CCCCCCCCCCC/C=C\C/C=C\C/C=C\CC. The van der Waals surface area contributed by atoms with Gasteiger partial charge < -0.3 is 14.2 Å². The molecule has 68 heavy (non-hydrogen) atoms. The molecule has 6 nitrogen and oxygen atoms in total. The number of carbonyl (C=O) groups is 3. The van der Waals surface area contributed by atoms with Crippen LogP contribution in [0.5, 0.6) is 0 Å². The molecule has 0 saturated carbocycles. The standard InChI is InChI=1S/C62H106O6/c1-4-7-10-13-16-19-22-25-27-29-31-33-35-37-40-43-46-49-52-55-61(64)67-58-59(57-66-60(63)54-51-48-45-42-39-24-21-18-15-12-9-6-3)68-62(65)56-53-50-47-44-41-38-36-34-32-30-28-26-23-20-17-14-11-8-5-2/h7-8,10-11,16-17,19-20,25-28,31,33,59H,4-6,9,12-15,18,21-24,29-30,32,34-58H2,1-3H3/b10-7-,11-8-,19-16-,20-17-,27-25-,28-26-,33-31-. The van der Waals surface area contributed by atoms with Crippen molar-refractivity contribution in [2.75, 3.05) is 13.2 Å². The fraction of sp³-hybridized carbons (Fsp3) is 0.726. The predicted octanol–water partition coefficient (Wildman–Crippen LogP) is 19.2. The molecular weight excluding hydrogens is 841 g/mol. The number of esters is 3. The Morgan fingerprint density at radius 1 is 0.309 bits per heavy atom. The smallest absolute Gasteiger partial charge is 0.306 e. The highest BCUT2D eigenvalue weighted by Crippen LogP contribution is 2.15. The van der Waals surface area contributed by atoms with Crippen LogP contribution in [0.3, 0.4) is 0 Å². The van der Waals surface area contributed by atoms with Gasteiger partial charge in [0.25, 0.3) is 0 Å². The van der Waals surface area contributed by atoms with Crippen LogP contribution in [0.1, 0.15) is 271 Å². The molecule has 0 aromatic heterocycles. The lowest BCUT2D eigenvalue weighted by atomic mass is 10.0. The highest BCUT2D eigenvalue weighted by Gasteiger charge is 2.19. The molecule has 0 saturated heterocycles. The van der Waals surface area contributed by atoms with Gasteiger partial charge >= 0.3 is 17.9 Å². The zero-order valence-electron chi connectivity index (χ0n) is 44.6. The molecule has 1 atom stereocenters. The summed E-state index contributed by atoms with van der Waals surface area (Å²) < 4.78 is 16.9. The minimum Gasteiger partial charge on any atom is -0.462 e. The van der Waals surface area contributed by atoms with E-state index in [0.717, 1.165) is 109 Å². The first-order chi connectivity index (χ1) is 33.5. The molecule has 0 spiro atoms. The van der Waals surface area contributed by atoms with Crippen molar-refractivity contribution in [2.45, 2.75) is 277 Å². The molecule has 0 radical (unpaired) electrons. The van der Waals surface area contributed by atoms with E-state index in [1.807, 2.05) is 0 Å². The third kappa shape index (κ3) is 53.5. The van der Waals surface area contributed by atoms with Crippen LogP contribution in [0.4, 0.5) is 0 Å². The van der Waals surface area contributed by atoms with Crippen molar-refractivity contribution in [2.24, 2.45) is 0 Å². The van der Waals surface area contributed by atoms with Crippen LogP contribution in [-0.2, 0) is 28.6 Å². The van der Waals surface area contributed by atoms with Crippen molar-refractivity contribution in [1.29, 1.82) is 0 Å². The zero-order valence-corrected chi connectivity index (χ0v) is 44.6. The monoisotopic (exact) mass is 947 g/mol. The summed E-state index contributed by atoms with van der Waals surface area (Å²) in [6, 6.07) is 0. The molecule has 0 aromatic carbocycles. The van der Waals surface area contributed by atoms with Gasteiger partial charge in [0.2, 0.25) is 0 Å². The normalized spacial score (nSPS) is 12.7. The van der Waals surface area contributed by atoms with E-state index in [9.17, 15) is 14.4 Å². The largest absolute Gasteiger partial charge is 0.462 e. The molecule has 0 rings (SSSR count). The van der Waals surface area contributed by atoms with Gasteiger partial charge in [-0.15, -0.1) is 0 Å². The van der Waals surface area contributed by atoms with E-state index in [1.54, 1.807) is 0 Å². The molecule has 0 bridgehead atoms. The van der Waals surface area contributed by atoms with Gasteiger partial charge in [-0.25, -0.2) is 0 Å². The Balaban J connectivity index is 4.38. The van der Waals surface area contributed by atoms with Crippen molar-refractivity contribution in [3.63, 3.8) is 0 Å². The van der Waals surface area contributed by atoms with Gasteiger partial charge in [-0.05, 0) is 89.9 Å². The molecule has 0 heterocycles. The molecule has 0 aliphatic rings. The van der Waals surface area contributed by atoms with E-state index in [-0.39, 0.29) is 31.1 Å². The second-order valence-electron chi connectivity index (χ2n) is 18.8. The second kappa shape index (κ2) is 56.2.